The number of carbonyl (C=O) groups excluding carboxylic acids is 1. The SMILES string of the molecule is O=C(Cc1c[nH]c2ccccc12)Nc1ccccc1Oc1cccc(F)c1. The maximum atomic E-state index is 13.4. The number of aromatic nitrogens is 1. The van der Waals surface area contributed by atoms with E-state index in [-0.39, 0.29) is 18.1 Å². The largest absolute Gasteiger partial charge is 0.455 e. The molecule has 5 heteroatoms. The number of ether oxygens (including phenoxy) is 1. The Hall–Kier alpha value is -3.60. The Balaban J connectivity index is 1.51. The molecule has 0 aliphatic heterocycles. The topological polar surface area (TPSA) is 54.1 Å². The number of benzene rings is 3. The van der Waals surface area contributed by atoms with Crippen molar-refractivity contribution in [1.29, 1.82) is 0 Å². The maximum Gasteiger partial charge on any atom is 0.228 e. The summed E-state index contributed by atoms with van der Waals surface area (Å²) < 4.78 is 19.1. The van der Waals surface area contributed by atoms with E-state index in [1.54, 1.807) is 36.4 Å². The fourth-order valence-corrected chi connectivity index (χ4v) is 2.96. The number of halogens is 1. The lowest BCUT2D eigenvalue weighted by molar-refractivity contribution is -0.115. The van der Waals surface area contributed by atoms with Crippen LogP contribution >= 0.6 is 0 Å². The second-order valence-electron chi connectivity index (χ2n) is 6.14. The molecular formula is C22H17FN2O2. The monoisotopic (exact) mass is 360 g/mol. The lowest BCUT2D eigenvalue weighted by Gasteiger charge is -2.12. The molecule has 0 saturated carbocycles. The van der Waals surface area contributed by atoms with Crippen molar-refractivity contribution in [1.82, 2.24) is 4.98 Å². The number of anilines is 1. The van der Waals surface area contributed by atoms with Gasteiger partial charge in [0.1, 0.15) is 11.6 Å². The van der Waals surface area contributed by atoms with Crippen molar-refractivity contribution in [3.63, 3.8) is 0 Å². The summed E-state index contributed by atoms with van der Waals surface area (Å²) in [7, 11) is 0. The Bertz CT molecular complexity index is 1100. The highest BCUT2D eigenvalue weighted by Crippen LogP contribution is 2.30. The highest BCUT2D eigenvalue weighted by molar-refractivity contribution is 5.96. The number of rotatable bonds is 5. The van der Waals surface area contributed by atoms with Crippen LogP contribution in [-0.2, 0) is 11.2 Å². The molecule has 1 aromatic heterocycles. The molecule has 4 aromatic rings. The van der Waals surface area contributed by atoms with Crippen LogP contribution in [0, 0.1) is 5.82 Å². The number of para-hydroxylation sites is 3. The maximum absolute atomic E-state index is 13.4. The minimum atomic E-state index is -0.381. The van der Waals surface area contributed by atoms with Gasteiger partial charge in [-0.2, -0.15) is 0 Å². The van der Waals surface area contributed by atoms with Gasteiger partial charge in [-0.05, 0) is 35.9 Å². The molecule has 0 saturated heterocycles. The molecule has 134 valence electrons. The molecule has 0 atom stereocenters. The Labute approximate surface area is 155 Å². The van der Waals surface area contributed by atoms with E-state index in [2.05, 4.69) is 10.3 Å². The van der Waals surface area contributed by atoms with Crippen LogP contribution in [0.5, 0.6) is 11.5 Å². The lowest BCUT2D eigenvalue weighted by Crippen LogP contribution is -2.14. The molecule has 0 unspecified atom stereocenters. The number of H-pyrrole nitrogens is 1. The fourth-order valence-electron chi connectivity index (χ4n) is 2.96. The van der Waals surface area contributed by atoms with E-state index < -0.39 is 0 Å². The molecule has 0 fully saturated rings. The molecule has 0 spiro atoms. The minimum Gasteiger partial charge on any atom is -0.455 e. The normalized spacial score (nSPS) is 10.7. The van der Waals surface area contributed by atoms with Gasteiger partial charge in [-0.15, -0.1) is 0 Å². The third-order valence-electron chi connectivity index (χ3n) is 4.21. The smallest absolute Gasteiger partial charge is 0.228 e. The zero-order chi connectivity index (χ0) is 18.6. The first-order valence-electron chi connectivity index (χ1n) is 8.56. The molecule has 27 heavy (non-hydrogen) atoms. The first kappa shape index (κ1) is 16.8. The Morgan fingerprint density at radius 2 is 1.81 bits per heavy atom. The van der Waals surface area contributed by atoms with E-state index in [1.807, 2.05) is 30.5 Å². The van der Waals surface area contributed by atoms with Crippen molar-refractivity contribution >= 4 is 22.5 Å². The van der Waals surface area contributed by atoms with Crippen LogP contribution < -0.4 is 10.1 Å². The van der Waals surface area contributed by atoms with Gasteiger partial charge in [0, 0.05) is 23.2 Å². The van der Waals surface area contributed by atoms with Gasteiger partial charge in [0.2, 0.25) is 5.91 Å². The van der Waals surface area contributed by atoms with Crippen LogP contribution in [0.1, 0.15) is 5.56 Å². The van der Waals surface area contributed by atoms with Gasteiger partial charge >= 0.3 is 0 Å². The summed E-state index contributed by atoms with van der Waals surface area (Å²) in [6, 6.07) is 20.8. The summed E-state index contributed by atoms with van der Waals surface area (Å²) in [6.45, 7) is 0. The second kappa shape index (κ2) is 7.33. The van der Waals surface area contributed by atoms with Crippen LogP contribution in [0.2, 0.25) is 0 Å². The highest BCUT2D eigenvalue weighted by atomic mass is 19.1. The molecule has 4 nitrogen and oxygen atoms in total. The van der Waals surface area contributed by atoms with E-state index in [0.29, 0.717) is 17.2 Å². The average molecular weight is 360 g/mol. The lowest BCUT2D eigenvalue weighted by atomic mass is 10.1. The van der Waals surface area contributed by atoms with Gasteiger partial charge in [0.15, 0.2) is 5.75 Å². The van der Waals surface area contributed by atoms with Gasteiger partial charge in [0.05, 0.1) is 12.1 Å². The van der Waals surface area contributed by atoms with E-state index in [0.717, 1.165) is 16.5 Å². The average Bonchev–Trinajstić information content (AvgIpc) is 3.06. The van der Waals surface area contributed by atoms with Crippen LogP contribution in [-0.4, -0.2) is 10.9 Å². The van der Waals surface area contributed by atoms with Crippen molar-refractivity contribution in [3.05, 3.63) is 90.4 Å². The van der Waals surface area contributed by atoms with E-state index in [4.69, 9.17) is 4.74 Å². The zero-order valence-electron chi connectivity index (χ0n) is 14.4. The molecule has 2 N–H and O–H groups in total. The van der Waals surface area contributed by atoms with Crippen molar-refractivity contribution in [3.8, 4) is 11.5 Å². The number of amides is 1. The summed E-state index contributed by atoms with van der Waals surface area (Å²) in [5.74, 6) is 0.284. The quantitative estimate of drug-likeness (QED) is 0.509. The standard InChI is InChI=1S/C22H17FN2O2/c23-16-6-5-7-17(13-16)27-21-11-4-3-10-20(21)25-22(26)12-15-14-24-19-9-2-1-8-18(15)19/h1-11,13-14,24H,12H2,(H,25,26). The van der Waals surface area contributed by atoms with Crippen molar-refractivity contribution < 1.29 is 13.9 Å². The van der Waals surface area contributed by atoms with E-state index in [1.165, 1.54) is 12.1 Å². The van der Waals surface area contributed by atoms with Crippen LogP contribution in [0.4, 0.5) is 10.1 Å². The molecular weight excluding hydrogens is 343 g/mol. The molecule has 0 aliphatic carbocycles. The Morgan fingerprint density at radius 1 is 1.00 bits per heavy atom. The number of fused-ring (bicyclic) bond motifs is 1. The molecule has 1 amide bonds. The molecule has 3 aromatic carbocycles. The molecule has 1 heterocycles. The number of aromatic amines is 1. The summed E-state index contributed by atoms with van der Waals surface area (Å²) in [5.41, 5.74) is 2.45. The van der Waals surface area contributed by atoms with Crippen LogP contribution in [0.15, 0.2) is 79.0 Å². The summed E-state index contributed by atoms with van der Waals surface area (Å²) >= 11 is 0. The number of hydrogen-bond donors (Lipinski definition) is 2. The van der Waals surface area contributed by atoms with Gasteiger partial charge in [-0.25, -0.2) is 4.39 Å². The predicted molar refractivity (Wildman–Crippen MR) is 104 cm³/mol. The van der Waals surface area contributed by atoms with Crippen molar-refractivity contribution in [2.24, 2.45) is 0 Å². The summed E-state index contributed by atoms with van der Waals surface area (Å²) in [6.07, 6.45) is 2.08. The van der Waals surface area contributed by atoms with Gasteiger partial charge in [0.25, 0.3) is 0 Å². The van der Waals surface area contributed by atoms with Crippen molar-refractivity contribution in [2.75, 3.05) is 5.32 Å². The number of carbonyl (C=O) groups is 1. The van der Waals surface area contributed by atoms with Gasteiger partial charge in [-0.3, -0.25) is 4.79 Å². The van der Waals surface area contributed by atoms with Crippen LogP contribution in [0.3, 0.4) is 0 Å². The molecule has 4 rings (SSSR count). The molecule has 0 bridgehead atoms. The Morgan fingerprint density at radius 3 is 2.70 bits per heavy atom. The molecule has 0 aliphatic rings. The Kier molecular flexibility index (Phi) is 4.58. The molecule has 0 radical (unpaired) electrons. The van der Waals surface area contributed by atoms with Crippen LogP contribution in [0.25, 0.3) is 10.9 Å². The van der Waals surface area contributed by atoms with E-state index in [9.17, 15) is 9.18 Å². The van der Waals surface area contributed by atoms with Gasteiger partial charge < -0.3 is 15.0 Å². The second-order valence-corrected chi connectivity index (χ2v) is 6.14. The first-order chi connectivity index (χ1) is 13.2. The third-order valence-corrected chi connectivity index (χ3v) is 4.21. The first-order valence-corrected chi connectivity index (χ1v) is 8.56. The third kappa shape index (κ3) is 3.82. The zero-order valence-corrected chi connectivity index (χ0v) is 14.4. The number of hydrogen-bond acceptors (Lipinski definition) is 2. The fraction of sp³-hybridized carbons (Fsp3) is 0.0455. The minimum absolute atomic E-state index is 0.157. The highest BCUT2D eigenvalue weighted by Gasteiger charge is 2.12. The summed E-state index contributed by atoms with van der Waals surface area (Å²) in [4.78, 5) is 15.7. The van der Waals surface area contributed by atoms with E-state index >= 15 is 0 Å². The van der Waals surface area contributed by atoms with Crippen molar-refractivity contribution in [2.45, 2.75) is 6.42 Å². The van der Waals surface area contributed by atoms with Gasteiger partial charge in [-0.1, -0.05) is 36.4 Å². The number of nitrogens with one attached hydrogen (secondary N) is 2. The predicted octanol–water partition coefficient (Wildman–Crippen LogP) is 5.28. The summed E-state index contributed by atoms with van der Waals surface area (Å²) in [5, 5.41) is 3.90.